The minimum atomic E-state index is 0.0367. The Labute approximate surface area is 129 Å². The molecular formula is C17H33N3O. The second kappa shape index (κ2) is 8.74. The van der Waals surface area contributed by atoms with Crippen LogP contribution in [0.15, 0.2) is 0 Å². The number of piperidine rings is 1. The minimum absolute atomic E-state index is 0.0367. The van der Waals surface area contributed by atoms with Gasteiger partial charge in [0, 0.05) is 19.1 Å². The van der Waals surface area contributed by atoms with E-state index in [1.54, 1.807) is 0 Å². The van der Waals surface area contributed by atoms with Crippen molar-refractivity contribution < 1.29 is 4.79 Å². The lowest BCUT2D eigenvalue weighted by atomic mass is 9.94. The first-order chi connectivity index (χ1) is 10.2. The van der Waals surface area contributed by atoms with E-state index in [4.69, 9.17) is 5.73 Å². The number of hydrogen-bond acceptors (Lipinski definition) is 3. The number of carbonyl (C=O) groups is 1. The molecule has 0 aromatic heterocycles. The van der Waals surface area contributed by atoms with E-state index in [9.17, 15) is 4.79 Å². The fourth-order valence-electron chi connectivity index (χ4n) is 3.72. The van der Waals surface area contributed by atoms with Crippen LogP contribution in [-0.2, 0) is 4.79 Å². The summed E-state index contributed by atoms with van der Waals surface area (Å²) in [6, 6.07) is 0.0601. The summed E-state index contributed by atoms with van der Waals surface area (Å²) in [6.07, 6.45) is 9.55. The molecule has 4 heteroatoms. The Kier molecular flexibility index (Phi) is 6.97. The lowest BCUT2D eigenvalue weighted by Crippen LogP contribution is -2.44. The van der Waals surface area contributed by atoms with E-state index in [0.717, 1.165) is 32.4 Å². The van der Waals surface area contributed by atoms with Gasteiger partial charge in [-0.1, -0.05) is 32.6 Å². The summed E-state index contributed by atoms with van der Waals surface area (Å²) in [7, 11) is 0. The van der Waals surface area contributed by atoms with E-state index in [0.29, 0.717) is 5.92 Å². The Bertz CT molecular complexity index is 315. The predicted molar refractivity (Wildman–Crippen MR) is 87.0 cm³/mol. The number of nitrogens with two attached hydrogens (primary N) is 1. The van der Waals surface area contributed by atoms with Crippen LogP contribution in [0.5, 0.6) is 0 Å². The van der Waals surface area contributed by atoms with Gasteiger partial charge in [-0.3, -0.25) is 4.79 Å². The molecule has 2 rings (SSSR count). The van der Waals surface area contributed by atoms with Crippen LogP contribution in [0.4, 0.5) is 0 Å². The fourth-order valence-corrected chi connectivity index (χ4v) is 3.72. The molecule has 122 valence electrons. The van der Waals surface area contributed by atoms with Crippen molar-refractivity contribution in [1.29, 1.82) is 0 Å². The van der Waals surface area contributed by atoms with E-state index in [1.807, 2.05) is 0 Å². The predicted octanol–water partition coefficient (Wildman–Crippen LogP) is 2.13. The molecule has 4 nitrogen and oxygen atoms in total. The van der Waals surface area contributed by atoms with Crippen LogP contribution in [0.2, 0.25) is 0 Å². The van der Waals surface area contributed by atoms with E-state index < -0.39 is 0 Å². The lowest BCUT2D eigenvalue weighted by molar-refractivity contribution is -0.126. The summed E-state index contributed by atoms with van der Waals surface area (Å²) in [5, 5.41) is 3.15. The summed E-state index contributed by atoms with van der Waals surface area (Å²) in [5.41, 5.74) is 6.17. The van der Waals surface area contributed by atoms with Gasteiger partial charge in [0.05, 0.1) is 5.92 Å². The molecule has 21 heavy (non-hydrogen) atoms. The molecule has 0 aromatic rings. The highest BCUT2D eigenvalue weighted by atomic mass is 16.1. The van der Waals surface area contributed by atoms with Crippen molar-refractivity contribution in [3.63, 3.8) is 0 Å². The Morgan fingerprint density at radius 1 is 1.14 bits per heavy atom. The first kappa shape index (κ1) is 16.8. The minimum Gasteiger partial charge on any atom is -0.355 e. The van der Waals surface area contributed by atoms with Gasteiger partial charge in [-0.15, -0.1) is 0 Å². The van der Waals surface area contributed by atoms with Crippen LogP contribution < -0.4 is 11.1 Å². The number of rotatable bonds is 5. The van der Waals surface area contributed by atoms with Gasteiger partial charge in [-0.2, -0.15) is 0 Å². The summed E-state index contributed by atoms with van der Waals surface area (Å²) in [4.78, 5) is 14.9. The smallest absolute Gasteiger partial charge is 0.224 e. The van der Waals surface area contributed by atoms with Crippen LogP contribution in [0.1, 0.15) is 58.3 Å². The molecule has 3 unspecified atom stereocenters. The number of hydrogen-bond donors (Lipinski definition) is 2. The second-order valence-corrected chi connectivity index (χ2v) is 7.12. The molecule has 1 amide bonds. The first-order valence-electron chi connectivity index (χ1n) is 8.92. The maximum absolute atomic E-state index is 12.4. The molecule has 2 fully saturated rings. The van der Waals surface area contributed by atoms with E-state index in [1.165, 1.54) is 45.2 Å². The molecule has 1 aliphatic carbocycles. The third-order valence-electron chi connectivity index (χ3n) is 5.05. The third-order valence-corrected chi connectivity index (χ3v) is 5.05. The van der Waals surface area contributed by atoms with E-state index in [-0.39, 0.29) is 17.9 Å². The molecule has 1 aliphatic heterocycles. The maximum Gasteiger partial charge on any atom is 0.224 e. The van der Waals surface area contributed by atoms with E-state index >= 15 is 0 Å². The topological polar surface area (TPSA) is 58.4 Å². The first-order valence-corrected chi connectivity index (χ1v) is 8.92. The van der Waals surface area contributed by atoms with Crippen molar-refractivity contribution in [1.82, 2.24) is 10.2 Å². The molecule has 0 spiro atoms. The van der Waals surface area contributed by atoms with Gasteiger partial charge in [0.15, 0.2) is 0 Å². The number of amides is 1. The molecule has 2 aliphatic rings. The van der Waals surface area contributed by atoms with Crippen molar-refractivity contribution in [3.8, 4) is 0 Å². The zero-order valence-corrected chi connectivity index (χ0v) is 13.7. The summed E-state index contributed by atoms with van der Waals surface area (Å²) < 4.78 is 0. The van der Waals surface area contributed by atoms with E-state index in [2.05, 4.69) is 17.1 Å². The Morgan fingerprint density at radius 3 is 2.57 bits per heavy atom. The Balaban J connectivity index is 1.69. The lowest BCUT2D eigenvalue weighted by Gasteiger charge is -2.29. The highest BCUT2D eigenvalue weighted by molar-refractivity contribution is 5.79. The molecule has 0 radical (unpaired) electrons. The van der Waals surface area contributed by atoms with Gasteiger partial charge in [0.1, 0.15) is 0 Å². The van der Waals surface area contributed by atoms with Crippen LogP contribution in [0.3, 0.4) is 0 Å². The molecule has 0 bridgehead atoms. The van der Waals surface area contributed by atoms with Crippen LogP contribution in [-0.4, -0.2) is 43.0 Å². The second-order valence-electron chi connectivity index (χ2n) is 7.12. The molecule has 3 atom stereocenters. The monoisotopic (exact) mass is 295 g/mol. The van der Waals surface area contributed by atoms with Crippen molar-refractivity contribution in [2.45, 2.75) is 64.3 Å². The zero-order chi connectivity index (χ0) is 15.1. The standard InChI is InChI=1S/C17H33N3O/c1-14(13-20-10-6-3-7-11-20)12-19-17(21)15-8-4-2-5-9-16(15)18/h14-16H,2-13,18H2,1H3,(H,19,21). The average molecular weight is 295 g/mol. The summed E-state index contributed by atoms with van der Waals surface area (Å²) in [6.45, 7) is 6.59. The Morgan fingerprint density at radius 2 is 1.81 bits per heavy atom. The van der Waals surface area contributed by atoms with Crippen molar-refractivity contribution in [2.24, 2.45) is 17.6 Å². The molecular weight excluding hydrogens is 262 g/mol. The quantitative estimate of drug-likeness (QED) is 0.764. The van der Waals surface area contributed by atoms with Crippen LogP contribution in [0.25, 0.3) is 0 Å². The van der Waals surface area contributed by atoms with Gasteiger partial charge in [-0.05, 0) is 44.7 Å². The average Bonchev–Trinajstić information content (AvgIpc) is 2.70. The molecule has 1 saturated carbocycles. The molecule has 0 aromatic carbocycles. The third kappa shape index (κ3) is 5.59. The largest absolute Gasteiger partial charge is 0.355 e. The van der Waals surface area contributed by atoms with Gasteiger partial charge in [-0.25, -0.2) is 0 Å². The highest BCUT2D eigenvalue weighted by Crippen LogP contribution is 2.22. The van der Waals surface area contributed by atoms with Crippen molar-refractivity contribution in [3.05, 3.63) is 0 Å². The van der Waals surface area contributed by atoms with Gasteiger partial charge in [0.25, 0.3) is 0 Å². The summed E-state index contributed by atoms with van der Waals surface area (Å²) in [5.74, 6) is 0.749. The summed E-state index contributed by atoms with van der Waals surface area (Å²) >= 11 is 0. The fraction of sp³-hybridized carbons (Fsp3) is 0.941. The van der Waals surface area contributed by atoms with Gasteiger partial charge >= 0.3 is 0 Å². The number of nitrogens with one attached hydrogen (secondary N) is 1. The molecule has 3 N–H and O–H groups in total. The normalized spacial score (nSPS) is 29.6. The maximum atomic E-state index is 12.4. The number of carbonyl (C=O) groups excluding carboxylic acids is 1. The van der Waals surface area contributed by atoms with Crippen LogP contribution >= 0.6 is 0 Å². The zero-order valence-electron chi connectivity index (χ0n) is 13.7. The Hall–Kier alpha value is -0.610. The highest BCUT2D eigenvalue weighted by Gasteiger charge is 2.27. The molecule has 1 saturated heterocycles. The van der Waals surface area contributed by atoms with Crippen LogP contribution in [0, 0.1) is 11.8 Å². The van der Waals surface area contributed by atoms with Crippen molar-refractivity contribution >= 4 is 5.91 Å². The van der Waals surface area contributed by atoms with Crippen molar-refractivity contribution in [2.75, 3.05) is 26.2 Å². The number of likely N-dealkylation sites (tertiary alicyclic amines) is 1. The number of nitrogens with zero attached hydrogens (tertiary/aromatic N) is 1. The van der Waals surface area contributed by atoms with Gasteiger partial charge < -0.3 is 16.0 Å². The van der Waals surface area contributed by atoms with Gasteiger partial charge in [0.2, 0.25) is 5.91 Å². The SMILES string of the molecule is CC(CNC(=O)C1CCCCCC1N)CN1CCCCC1. The molecule has 1 heterocycles.